The van der Waals surface area contributed by atoms with E-state index in [4.69, 9.17) is 9.72 Å². The molecule has 0 spiro atoms. The summed E-state index contributed by atoms with van der Waals surface area (Å²) in [4.78, 5) is 30.7. The predicted molar refractivity (Wildman–Crippen MR) is 119 cm³/mol. The van der Waals surface area contributed by atoms with Crippen LogP contribution in [0.15, 0.2) is 59.4 Å². The summed E-state index contributed by atoms with van der Waals surface area (Å²) in [6.07, 6.45) is 4.36. The number of carbonyl (C=O) groups is 1. The van der Waals surface area contributed by atoms with Crippen LogP contribution in [-0.4, -0.2) is 33.0 Å². The summed E-state index contributed by atoms with van der Waals surface area (Å²) in [5, 5.41) is 3.13. The predicted octanol–water partition coefficient (Wildman–Crippen LogP) is 3.38. The zero-order chi connectivity index (χ0) is 21.4. The molecule has 1 aliphatic rings. The first-order valence-electron chi connectivity index (χ1n) is 10.6. The van der Waals surface area contributed by atoms with Crippen molar-refractivity contribution >= 4 is 22.7 Å². The molecule has 4 aromatic rings. The molecule has 0 saturated heterocycles. The smallest absolute Gasteiger partial charge is 0.260 e. The number of hydrogen-bond donors (Lipinski definition) is 1. The Balaban J connectivity index is 1.64. The summed E-state index contributed by atoms with van der Waals surface area (Å²) in [6.45, 7) is 0.113. The van der Waals surface area contributed by atoms with Gasteiger partial charge in [0.15, 0.2) is 0 Å². The van der Waals surface area contributed by atoms with Crippen molar-refractivity contribution < 1.29 is 9.53 Å². The fourth-order valence-corrected chi connectivity index (χ4v) is 4.44. The van der Waals surface area contributed by atoms with Gasteiger partial charge < -0.3 is 14.6 Å². The number of rotatable bonds is 5. The fraction of sp³-hybridized carbons (Fsp3) is 0.292. The third kappa shape index (κ3) is 3.56. The topological polar surface area (TPSA) is 77.6 Å². The van der Waals surface area contributed by atoms with Gasteiger partial charge in [-0.1, -0.05) is 37.1 Å². The van der Waals surface area contributed by atoms with Crippen LogP contribution in [0.25, 0.3) is 28.1 Å². The maximum Gasteiger partial charge on any atom is 0.260 e. The Morgan fingerprint density at radius 2 is 1.87 bits per heavy atom. The first-order valence-corrected chi connectivity index (χ1v) is 10.6. The number of fused-ring (bicyclic) bond motifs is 3. The van der Waals surface area contributed by atoms with E-state index in [1.807, 2.05) is 53.1 Å². The van der Waals surface area contributed by atoms with E-state index >= 15 is 0 Å². The summed E-state index contributed by atoms with van der Waals surface area (Å²) in [6, 6.07) is 16.8. The molecule has 2 aromatic heterocycles. The molecule has 0 aliphatic heterocycles. The van der Waals surface area contributed by atoms with Crippen molar-refractivity contribution in [3.05, 3.63) is 65.0 Å². The van der Waals surface area contributed by atoms with Crippen molar-refractivity contribution in [2.75, 3.05) is 7.11 Å². The molecule has 1 saturated carbocycles. The van der Waals surface area contributed by atoms with E-state index in [-0.39, 0.29) is 24.1 Å². The molecule has 0 atom stereocenters. The number of nitrogens with zero attached hydrogens (tertiary/aromatic N) is 3. The lowest BCUT2D eigenvalue weighted by Crippen LogP contribution is -2.35. The van der Waals surface area contributed by atoms with Crippen LogP contribution in [0.2, 0.25) is 0 Å². The zero-order valence-electron chi connectivity index (χ0n) is 17.4. The van der Waals surface area contributed by atoms with Crippen LogP contribution in [0, 0.1) is 0 Å². The highest BCUT2D eigenvalue weighted by molar-refractivity contribution is 5.85. The standard InChI is InChI=1S/C24H24N4O3/c1-31-18-10-6-7-16(13-18)19-14-23(30)28-21-12-5-4-11-20(21)27(24(28)26-19)15-22(29)25-17-8-2-3-9-17/h4-7,10-14,17H,2-3,8-9,15H2,1H3,(H,25,29). The van der Waals surface area contributed by atoms with Gasteiger partial charge in [-0.15, -0.1) is 0 Å². The number of amides is 1. The summed E-state index contributed by atoms with van der Waals surface area (Å²) in [5.41, 5.74) is 2.68. The largest absolute Gasteiger partial charge is 0.497 e. The number of methoxy groups -OCH3 is 1. The second-order valence-corrected chi connectivity index (χ2v) is 7.97. The number of benzene rings is 2. The number of carbonyl (C=O) groups excluding carboxylic acids is 1. The summed E-state index contributed by atoms with van der Waals surface area (Å²) in [7, 11) is 1.60. The van der Waals surface area contributed by atoms with Crippen molar-refractivity contribution in [3.63, 3.8) is 0 Å². The second-order valence-electron chi connectivity index (χ2n) is 7.97. The third-order valence-electron chi connectivity index (χ3n) is 5.94. The highest BCUT2D eigenvalue weighted by Gasteiger charge is 2.20. The van der Waals surface area contributed by atoms with Crippen LogP contribution in [-0.2, 0) is 11.3 Å². The average Bonchev–Trinajstić information content (AvgIpc) is 3.40. The van der Waals surface area contributed by atoms with Gasteiger partial charge in [0.1, 0.15) is 12.3 Å². The van der Waals surface area contributed by atoms with Crippen molar-refractivity contribution in [3.8, 4) is 17.0 Å². The van der Waals surface area contributed by atoms with Crippen LogP contribution in [0.3, 0.4) is 0 Å². The number of ether oxygens (including phenoxy) is 1. The van der Waals surface area contributed by atoms with Crippen molar-refractivity contribution in [1.29, 1.82) is 0 Å². The highest BCUT2D eigenvalue weighted by Crippen LogP contribution is 2.24. The number of imidazole rings is 1. The van der Waals surface area contributed by atoms with E-state index in [0.717, 1.165) is 42.3 Å². The Labute approximate surface area is 179 Å². The Bertz CT molecular complexity index is 1330. The number of hydrogen-bond acceptors (Lipinski definition) is 4. The zero-order valence-corrected chi connectivity index (χ0v) is 17.4. The lowest BCUT2D eigenvalue weighted by atomic mass is 10.1. The van der Waals surface area contributed by atoms with E-state index in [2.05, 4.69) is 5.32 Å². The number of para-hydroxylation sites is 2. The van der Waals surface area contributed by atoms with E-state index in [0.29, 0.717) is 17.2 Å². The Kier molecular flexibility index (Phi) is 4.94. The van der Waals surface area contributed by atoms with Crippen molar-refractivity contribution in [2.45, 2.75) is 38.3 Å². The van der Waals surface area contributed by atoms with Gasteiger partial charge in [0.05, 0.1) is 23.8 Å². The molecule has 2 heterocycles. The van der Waals surface area contributed by atoms with Crippen LogP contribution < -0.4 is 15.6 Å². The van der Waals surface area contributed by atoms with Crippen LogP contribution >= 0.6 is 0 Å². The van der Waals surface area contributed by atoms with Gasteiger partial charge in [-0.2, -0.15) is 0 Å². The van der Waals surface area contributed by atoms with E-state index in [9.17, 15) is 9.59 Å². The molecule has 7 heteroatoms. The van der Waals surface area contributed by atoms with Crippen molar-refractivity contribution in [2.24, 2.45) is 0 Å². The normalized spacial score (nSPS) is 14.4. The second kappa shape index (κ2) is 7.91. The molecule has 5 rings (SSSR count). The van der Waals surface area contributed by atoms with Gasteiger partial charge >= 0.3 is 0 Å². The molecular formula is C24H24N4O3. The minimum atomic E-state index is -0.186. The first-order chi connectivity index (χ1) is 15.1. The molecule has 0 unspecified atom stereocenters. The molecule has 158 valence electrons. The fourth-order valence-electron chi connectivity index (χ4n) is 4.44. The Hall–Kier alpha value is -3.61. The molecule has 0 bridgehead atoms. The van der Waals surface area contributed by atoms with E-state index < -0.39 is 0 Å². The molecule has 0 radical (unpaired) electrons. The molecule has 2 aromatic carbocycles. The Morgan fingerprint density at radius 1 is 1.10 bits per heavy atom. The van der Waals surface area contributed by atoms with Crippen LogP contribution in [0.1, 0.15) is 25.7 Å². The molecular weight excluding hydrogens is 392 g/mol. The van der Waals surface area contributed by atoms with Crippen molar-refractivity contribution in [1.82, 2.24) is 19.3 Å². The number of aromatic nitrogens is 3. The average molecular weight is 416 g/mol. The molecule has 7 nitrogen and oxygen atoms in total. The van der Waals surface area contributed by atoms with Gasteiger partial charge in [0.25, 0.3) is 5.56 Å². The van der Waals surface area contributed by atoms with Gasteiger partial charge in [-0.3, -0.25) is 9.59 Å². The summed E-state index contributed by atoms with van der Waals surface area (Å²) >= 11 is 0. The monoisotopic (exact) mass is 416 g/mol. The van der Waals surface area contributed by atoms with E-state index in [1.54, 1.807) is 11.5 Å². The first kappa shape index (κ1) is 19.4. The van der Waals surface area contributed by atoms with Gasteiger partial charge in [0, 0.05) is 17.7 Å². The van der Waals surface area contributed by atoms with Gasteiger partial charge in [-0.05, 0) is 37.1 Å². The van der Waals surface area contributed by atoms with Crippen LogP contribution in [0.4, 0.5) is 0 Å². The number of nitrogens with one attached hydrogen (secondary N) is 1. The minimum Gasteiger partial charge on any atom is -0.497 e. The summed E-state index contributed by atoms with van der Waals surface area (Å²) in [5.74, 6) is 1.08. The molecule has 1 N–H and O–H groups in total. The molecule has 1 amide bonds. The lowest BCUT2D eigenvalue weighted by molar-refractivity contribution is -0.122. The highest BCUT2D eigenvalue weighted by atomic mass is 16.5. The lowest BCUT2D eigenvalue weighted by Gasteiger charge is -2.13. The summed E-state index contributed by atoms with van der Waals surface area (Å²) < 4.78 is 8.71. The SMILES string of the molecule is COc1cccc(-c2cc(=O)n3c4ccccc4n(CC(=O)NC4CCCC4)c3n2)c1. The third-order valence-corrected chi connectivity index (χ3v) is 5.94. The van der Waals surface area contributed by atoms with Crippen LogP contribution in [0.5, 0.6) is 5.75 Å². The van der Waals surface area contributed by atoms with Gasteiger partial charge in [-0.25, -0.2) is 9.38 Å². The maximum atomic E-state index is 13.1. The molecule has 1 aliphatic carbocycles. The van der Waals surface area contributed by atoms with E-state index in [1.165, 1.54) is 6.07 Å². The molecule has 31 heavy (non-hydrogen) atoms. The minimum absolute atomic E-state index is 0.0591. The quantitative estimate of drug-likeness (QED) is 0.541. The molecule has 1 fully saturated rings. The van der Waals surface area contributed by atoms with Gasteiger partial charge in [0.2, 0.25) is 11.7 Å². The maximum absolute atomic E-state index is 13.1. The Morgan fingerprint density at radius 3 is 2.65 bits per heavy atom.